The molecule has 0 aliphatic carbocycles. The maximum Gasteiger partial charge on any atom is 0.270 e. The lowest BCUT2D eigenvalue weighted by Gasteiger charge is -2.33. The molecule has 0 unspecified atom stereocenters. The van der Waals surface area contributed by atoms with Crippen molar-refractivity contribution in [2.45, 2.75) is 13.3 Å². The molecular formula is C19H22FN5O2. The number of hydrogen-bond acceptors (Lipinski definition) is 5. The van der Waals surface area contributed by atoms with E-state index in [0.717, 1.165) is 6.41 Å². The van der Waals surface area contributed by atoms with Gasteiger partial charge in [-0.25, -0.2) is 14.4 Å². The van der Waals surface area contributed by atoms with Crippen LogP contribution in [-0.2, 0) is 11.2 Å². The van der Waals surface area contributed by atoms with Gasteiger partial charge in [0.05, 0.1) is 0 Å². The zero-order valence-electron chi connectivity index (χ0n) is 15.2. The van der Waals surface area contributed by atoms with E-state index < -0.39 is 0 Å². The molecule has 7 nitrogen and oxygen atoms in total. The molecule has 1 N–H and O–H groups in total. The van der Waals surface area contributed by atoms with Crippen LogP contribution in [-0.4, -0.2) is 59.9 Å². The van der Waals surface area contributed by atoms with Gasteiger partial charge >= 0.3 is 0 Å². The largest absolute Gasteiger partial charge is 0.353 e. The number of aryl methyl sites for hydroxylation is 1. The zero-order valence-corrected chi connectivity index (χ0v) is 15.2. The van der Waals surface area contributed by atoms with Crippen LogP contribution in [0.15, 0.2) is 30.3 Å². The second-order valence-corrected chi connectivity index (χ2v) is 6.38. The van der Waals surface area contributed by atoms with Gasteiger partial charge in [-0.1, -0.05) is 18.2 Å². The normalized spacial score (nSPS) is 14.1. The van der Waals surface area contributed by atoms with Gasteiger partial charge in [-0.15, -0.1) is 0 Å². The predicted octanol–water partition coefficient (Wildman–Crippen LogP) is 1.18. The molecule has 2 amide bonds. The van der Waals surface area contributed by atoms with Crippen molar-refractivity contribution in [3.63, 3.8) is 0 Å². The lowest BCUT2D eigenvalue weighted by Crippen LogP contribution is -2.46. The van der Waals surface area contributed by atoms with Gasteiger partial charge in [0, 0.05) is 38.8 Å². The van der Waals surface area contributed by atoms with Crippen molar-refractivity contribution in [3.05, 3.63) is 53.2 Å². The molecule has 3 rings (SSSR count). The summed E-state index contributed by atoms with van der Waals surface area (Å²) in [5, 5.41) is 2.78. The molecule has 1 aromatic carbocycles. The molecule has 8 heteroatoms. The van der Waals surface area contributed by atoms with Crippen molar-refractivity contribution in [1.29, 1.82) is 0 Å². The van der Waals surface area contributed by atoms with Crippen LogP contribution in [0.3, 0.4) is 0 Å². The molecule has 1 fully saturated rings. The van der Waals surface area contributed by atoms with Gasteiger partial charge in [-0.05, 0) is 25.0 Å². The first-order valence-corrected chi connectivity index (χ1v) is 8.88. The van der Waals surface area contributed by atoms with Crippen molar-refractivity contribution in [2.75, 3.05) is 37.6 Å². The average Bonchev–Trinajstić information content (AvgIpc) is 2.69. The van der Waals surface area contributed by atoms with Gasteiger partial charge in [0.1, 0.15) is 23.2 Å². The molecular weight excluding hydrogens is 349 g/mol. The Morgan fingerprint density at radius 2 is 1.96 bits per heavy atom. The van der Waals surface area contributed by atoms with E-state index in [1.54, 1.807) is 36.1 Å². The summed E-state index contributed by atoms with van der Waals surface area (Å²) in [5.74, 6) is 0.586. The highest BCUT2D eigenvalue weighted by molar-refractivity contribution is 5.93. The third kappa shape index (κ3) is 4.78. The van der Waals surface area contributed by atoms with Crippen LogP contribution in [0, 0.1) is 12.7 Å². The second kappa shape index (κ2) is 8.57. The van der Waals surface area contributed by atoms with Gasteiger partial charge in [-0.2, -0.15) is 0 Å². The van der Waals surface area contributed by atoms with Crippen molar-refractivity contribution in [1.82, 2.24) is 20.2 Å². The molecule has 1 saturated heterocycles. The summed E-state index contributed by atoms with van der Waals surface area (Å²) >= 11 is 0. The maximum absolute atomic E-state index is 13.6. The van der Waals surface area contributed by atoms with Crippen molar-refractivity contribution >= 4 is 18.1 Å². The lowest BCUT2D eigenvalue weighted by atomic mass is 10.1. The summed E-state index contributed by atoms with van der Waals surface area (Å²) in [4.78, 5) is 35.6. The number of nitrogens with one attached hydrogen (secondary N) is 1. The van der Waals surface area contributed by atoms with E-state index in [9.17, 15) is 14.0 Å². The Hall–Kier alpha value is -3.03. The summed E-state index contributed by atoms with van der Waals surface area (Å²) in [6, 6.07) is 8.17. The maximum atomic E-state index is 13.6. The molecule has 0 saturated carbocycles. The number of nitrogens with zero attached hydrogens (tertiary/aromatic N) is 4. The van der Waals surface area contributed by atoms with Crippen LogP contribution >= 0.6 is 0 Å². The third-order valence-corrected chi connectivity index (χ3v) is 4.48. The molecule has 0 bridgehead atoms. The minimum Gasteiger partial charge on any atom is -0.353 e. The summed E-state index contributed by atoms with van der Waals surface area (Å²) in [5.41, 5.74) is 0.842. The number of carbonyl (C=O) groups is 2. The first kappa shape index (κ1) is 18.8. The van der Waals surface area contributed by atoms with Gasteiger partial charge < -0.3 is 15.1 Å². The number of benzene rings is 1. The number of rotatable bonds is 6. The van der Waals surface area contributed by atoms with Crippen LogP contribution in [0.5, 0.6) is 0 Å². The van der Waals surface area contributed by atoms with Gasteiger partial charge in [0.15, 0.2) is 0 Å². The zero-order chi connectivity index (χ0) is 19.2. The monoisotopic (exact) mass is 371 g/mol. The Labute approximate surface area is 157 Å². The molecule has 1 aliphatic rings. The first-order valence-electron chi connectivity index (χ1n) is 8.88. The highest BCUT2D eigenvalue weighted by atomic mass is 19.1. The molecule has 1 aromatic heterocycles. The summed E-state index contributed by atoms with van der Waals surface area (Å²) in [6.45, 7) is 4.61. The fourth-order valence-electron chi connectivity index (χ4n) is 2.99. The van der Waals surface area contributed by atoms with E-state index in [0.29, 0.717) is 56.4 Å². The Morgan fingerprint density at radius 1 is 1.22 bits per heavy atom. The fraction of sp³-hybridized carbons (Fsp3) is 0.368. The van der Waals surface area contributed by atoms with E-state index >= 15 is 0 Å². The molecule has 2 heterocycles. The number of aromatic nitrogens is 2. The van der Waals surface area contributed by atoms with Crippen LogP contribution in [0.1, 0.15) is 21.9 Å². The summed E-state index contributed by atoms with van der Waals surface area (Å²) in [6.07, 6.45) is 1.25. The number of anilines is 1. The Bertz CT molecular complexity index is 821. The minimum absolute atomic E-state index is 0.276. The standard InChI is InChI=1S/C19H22FN5O2/c1-14-22-17(12-18(23-14)25-10-8-24(13-26)9-11-25)19(27)21-7-6-15-4-2-3-5-16(15)20/h2-5,12-13H,6-11H2,1H3,(H,21,27). The fourth-order valence-corrected chi connectivity index (χ4v) is 2.99. The quantitative estimate of drug-likeness (QED) is 0.772. The van der Waals surface area contributed by atoms with Crippen LogP contribution < -0.4 is 10.2 Å². The summed E-state index contributed by atoms with van der Waals surface area (Å²) < 4.78 is 13.6. The predicted molar refractivity (Wildman–Crippen MR) is 99.1 cm³/mol. The Morgan fingerprint density at radius 3 is 2.67 bits per heavy atom. The van der Waals surface area contributed by atoms with Crippen molar-refractivity contribution in [3.8, 4) is 0 Å². The molecule has 0 spiro atoms. The van der Waals surface area contributed by atoms with E-state index in [-0.39, 0.29) is 17.4 Å². The molecule has 2 aromatic rings. The number of hydrogen-bond donors (Lipinski definition) is 1. The highest BCUT2D eigenvalue weighted by Gasteiger charge is 2.19. The smallest absolute Gasteiger partial charge is 0.270 e. The highest BCUT2D eigenvalue weighted by Crippen LogP contribution is 2.15. The minimum atomic E-state index is -0.315. The second-order valence-electron chi connectivity index (χ2n) is 6.38. The van der Waals surface area contributed by atoms with Crippen molar-refractivity contribution in [2.24, 2.45) is 0 Å². The van der Waals surface area contributed by atoms with Gasteiger partial charge in [-0.3, -0.25) is 9.59 Å². The number of amides is 2. The van der Waals surface area contributed by atoms with Crippen LogP contribution in [0.4, 0.5) is 10.2 Å². The van der Waals surface area contributed by atoms with Crippen molar-refractivity contribution < 1.29 is 14.0 Å². The Kier molecular flexibility index (Phi) is 5.95. The molecule has 0 atom stereocenters. The van der Waals surface area contributed by atoms with E-state index in [4.69, 9.17) is 0 Å². The Balaban J connectivity index is 1.62. The molecule has 1 aliphatic heterocycles. The first-order chi connectivity index (χ1) is 13.1. The van der Waals surface area contributed by atoms with E-state index in [1.807, 2.05) is 4.90 Å². The SMILES string of the molecule is Cc1nc(C(=O)NCCc2ccccc2F)cc(N2CCN(C=O)CC2)n1. The van der Waals surface area contributed by atoms with Gasteiger partial charge in [0.25, 0.3) is 5.91 Å². The lowest BCUT2D eigenvalue weighted by molar-refractivity contribution is -0.118. The number of piperazine rings is 1. The number of carbonyl (C=O) groups excluding carboxylic acids is 2. The molecule has 27 heavy (non-hydrogen) atoms. The van der Waals surface area contributed by atoms with Crippen LogP contribution in [0.2, 0.25) is 0 Å². The van der Waals surface area contributed by atoms with E-state index in [1.165, 1.54) is 6.07 Å². The van der Waals surface area contributed by atoms with Crippen LogP contribution in [0.25, 0.3) is 0 Å². The molecule has 0 radical (unpaired) electrons. The summed E-state index contributed by atoms with van der Waals surface area (Å²) in [7, 11) is 0. The van der Waals surface area contributed by atoms with E-state index in [2.05, 4.69) is 15.3 Å². The van der Waals surface area contributed by atoms with Gasteiger partial charge in [0.2, 0.25) is 6.41 Å². The molecule has 142 valence electrons. The average molecular weight is 371 g/mol. The topological polar surface area (TPSA) is 78.4 Å². The number of halogens is 1. The third-order valence-electron chi connectivity index (χ3n) is 4.48.